The fourth-order valence-corrected chi connectivity index (χ4v) is 3.38. The van der Waals surface area contributed by atoms with Crippen molar-refractivity contribution in [3.05, 3.63) is 52.6 Å². The first-order valence-electron chi connectivity index (χ1n) is 7.68. The molecule has 1 aliphatic heterocycles. The van der Waals surface area contributed by atoms with E-state index >= 15 is 0 Å². The maximum Gasteiger partial charge on any atom is 0.277 e. The molecule has 1 fully saturated rings. The molecule has 1 N–H and O–H groups in total. The van der Waals surface area contributed by atoms with Gasteiger partial charge >= 0.3 is 0 Å². The van der Waals surface area contributed by atoms with Gasteiger partial charge < -0.3 is 4.74 Å². The molecule has 1 atom stereocenters. The summed E-state index contributed by atoms with van der Waals surface area (Å²) < 4.78 is 6.45. The van der Waals surface area contributed by atoms with E-state index in [0.717, 1.165) is 28.6 Å². The normalized spacial score (nSPS) is 17.5. The highest BCUT2D eigenvalue weighted by Crippen LogP contribution is 2.29. The van der Waals surface area contributed by atoms with E-state index in [2.05, 4.69) is 26.4 Å². The number of nitrogens with one attached hydrogen (secondary N) is 1. The van der Waals surface area contributed by atoms with Crippen LogP contribution in [0.3, 0.4) is 0 Å². The molecule has 1 aliphatic rings. The van der Waals surface area contributed by atoms with Gasteiger partial charge in [-0.2, -0.15) is 0 Å². The average Bonchev–Trinajstić information content (AvgIpc) is 2.63. The Morgan fingerprint density at radius 1 is 1.29 bits per heavy atom. The Morgan fingerprint density at radius 2 is 2.12 bits per heavy atom. The van der Waals surface area contributed by atoms with E-state index in [1.165, 1.54) is 11.8 Å². The van der Waals surface area contributed by atoms with E-state index in [1.807, 2.05) is 24.3 Å². The van der Waals surface area contributed by atoms with Gasteiger partial charge in [-0.05, 0) is 49.2 Å². The van der Waals surface area contributed by atoms with Crippen LogP contribution in [0.4, 0.5) is 0 Å². The van der Waals surface area contributed by atoms with Crippen LogP contribution in [-0.2, 0) is 9.57 Å². The van der Waals surface area contributed by atoms with Crippen molar-refractivity contribution in [1.29, 1.82) is 0 Å². The fourth-order valence-electron chi connectivity index (χ4n) is 2.24. The minimum Gasteiger partial charge on any atom is -0.350 e. The number of pyridine rings is 1. The summed E-state index contributed by atoms with van der Waals surface area (Å²) in [5.74, 6) is -0.322. The Bertz CT molecular complexity index is 690. The van der Waals surface area contributed by atoms with E-state index in [-0.39, 0.29) is 12.2 Å². The minimum absolute atomic E-state index is 0.322. The van der Waals surface area contributed by atoms with Gasteiger partial charge in [0.1, 0.15) is 5.03 Å². The van der Waals surface area contributed by atoms with Crippen molar-refractivity contribution < 1.29 is 14.4 Å². The Labute approximate surface area is 153 Å². The number of rotatable bonds is 5. The molecule has 0 saturated carbocycles. The Morgan fingerprint density at radius 3 is 2.88 bits per heavy atom. The molecule has 7 heteroatoms. The van der Waals surface area contributed by atoms with Crippen LogP contribution in [0.1, 0.15) is 29.6 Å². The first kappa shape index (κ1) is 17.4. The second-order valence-electron chi connectivity index (χ2n) is 5.26. The third-order valence-corrected chi connectivity index (χ3v) is 5.02. The first-order valence-corrected chi connectivity index (χ1v) is 9.29. The predicted octanol–water partition coefficient (Wildman–Crippen LogP) is 4.18. The third kappa shape index (κ3) is 4.80. The summed E-state index contributed by atoms with van der Waals surface area (Å²) >= 11 is 4.84. The molecule has 3 rings (SSSR count). The first-order chi connectivity index (χ1) is 11.7. The van der Waals surface area contributed by atoms with Crippen LogP contribution < -0.4 is 5.48 Å². The van der Waals surface area contributed by atoms with E-state index in [0.29, 0.717) is 17.2 Å². The Balaban J connectivity index is 1.66. The highest BCUT2D eigenvalue weighted by Gasteiger charge is 2.18. The Hall–Kier alpha value is -1.41. The van der Waals surface area contributed by atoms with Gasteiger partial charge in [-0.15, -0.1) is 0 Å². The van der Waals surface area contributed by atoms with Crippen molar-refractivity contribution in [2.45, 2.75) is 35.5 Å². The highest BCUT2D eigenvalue weighted by atomic mass is 79.9. The van der Waals surface area contributed by atoms with E-state index in [1.54, 1.807) is 18.3 Å². The summed E-state index contributed by atoms with van der Waals surface area (Å²) in [4.78, 5) is 23.1. The third-order valence-electron chi connectivity index (χ3n) is 3.46. The second-order valence-corrected chi connectivity index (χ2v) is 7.24. The number of hydrogen-bond acceptors (Lipinski definition) is 5. The molecule has 2 heterocycles. The van der Waals surface area contributed by atoms with Gasteiger partial charge in [0.25, 0.3) is 5.91 Å². The largest absolute Gasteiger partial charge is 0.350 e. The number of hydrogen-bond donors (Lipinski definition) is 1. The van der Waals surface area contributed by atoms with Crippen molar-refractivity contribution in [3.63, 3.8) is 0 Å². The lowest BCUT2D eigenvalue weighted by Gasteiger charge is -2.22. The molecule has 0 unspecified atom stereocenters. The molecule has 2 aromatic rings. The van der Waals surface area contributed by atoms with Gasteiger partial charge in [0.05, 0.1) is 5.56 Å². The van der Waals surface area contributed by atoms with Crippen molar-refractivity contribution in [3.8, 4) is 0 Å². The number of amides is 1. The molecule has 1 aromatic carbocycles. The maximum atomic E-state index is 12.4. The molecule has 0 radical (unpaired) electrons. The van der Waals surface area contributed by atoms with E-state index in [4.69, 9.17) is 9.57 Å². The summed E-state index contributed by atoms with van der Waals surface area (Å²) in [6.07, 6.45) is 4.15. The molecule has 0 bridgehead atoms. The second kappa shape index (κ2) is 8.62. The molecule has 24 heavy (non-hydrogen) atoms. The standard InChI is InChI=1S/C17H17BrN2O3S/c18-12-6-8-13(9-7-12)24-17-14(4-3-10-19-17)16(21)20-23-15-5-1-2-11-22-15/h3-4,6-10,15H,1-2,5,11H2,(H,20,21)/t15-/m1/s1. The van der Waals surface area contributed by atoms with Crippen LogP contribution in [0.15, 0.2) is 57.0 Å². The van der Waals surface area contributed by atoms with Gasteiger partial charge in [0, 0.05) is 28.6 Å². The van der Waals surface area contributed by atoms with Gasteiger partial charge in [-0.3, -0.25) is 4.79 Å². The number of halogens is 1. The number of aromatic nitrogens is 1. The lowest BCUT2D eigenvalue weighted by molar-refractivity contribution is -0.186. The summed E-state index contributed by atoms with van der Waals surface area (Å²) in [6.45, 7) is 0.665. The number of nitrogens with zero attached hydrogens (tertiary/aromatic N) is 1. The van der Waals surface area contributed by atoms with Crippen LogP contribution in [0, 0.1) is 0 Å². The maximum absolute atomic E-state index is 12.4. The van der Waals surface area contributed by atoms with Crippen LogP contribution >= 0.6 is 27.7 Å². The molecule has 1 saturated heterocycles. The lowest BCUT2D eigenvalue weighted by atomic mass is 10.2. The molecule has 5 nitrogen and oxygen atoms in total. The zero-order valence-electron chi connectivity index (χ0n) is 12.9. The molecule has 0 aliphatic carbocycles. The van der Waals surface area contributed by atoms with Crippen molar-refractivity contribution in [2.75, 3.05) is 6.61 Å². The molecular formula is C17H17BrN2O3S. The van der Waals surface area contributed by atoms with Crippen LogP contribution in [0.2, 0.25) is 0 Å². The quantitative estimate of drug-likeness (QED) is 0.751. The predicted molar refractivity (Wildman–Crippen MR) is 94.6 cm³/mol. The zero-order valence-corrected chi connectivity index (χ0v) is 15.3. The van der Waals surface area contributed by atoms with Crippen molar-refractivity contribution in [1.82, 2.24) is 10.5 Å². The van der Waals surface area contributed by atoms with Gasteiger partial charge in [-0.1, -0.05) is 27.7 Å². The monoisotopic (exact) mass is 408 g/mol. The Kier molecular flexibility index (Phi) is 6.25. The molecule has 1 amide bonds. The number of benzene rings is 1. The molecular weight excluding hydrogens is 392 g/mol. The summed E-state index contributed by atoms with van der Waals surface area (Å²) in [5.41, 5.74) is 2.95. The number of ether oxygens (including phenoxy) is 1. The molecule has 126 valence electrons. The summed E-state index contributed by atoms with van der Waals surface area (Å²) in [6, 6.07) is 11.3. The number of carbonyl (C=O) groups excluding carboxylic acids is 1. The summed E-state index contributed by atoms with van der Waals surface area (Å²) in [7, 11) is 0. The number of hydroxylamine groups is 1. The van der Waals surface area contributed by atoms with E-state index in [9.17, 15) is 4.79 Å². The summed E-state index contributed by atoms with van der Waals surface area (Å²) in [5, 5.41) is 0.630. The highest BCUT2D eigenvalue weighted by molar-refractivity contribution is 9.10. The molecule has 0 spiro atoms. The van der Waals surface area contributed by atoms with E-state index < -0.39 is 0 Å². The zero-order chi connectivity index (χ0) is 16.8. The fraction of sp³-hybridized carbons (Fsp3) is 0.294. The smallest absolute Gasteiger partial charge is 0.277 e. The average molecular weight is 409 g/mol. The van der Waals surface area contributed by atoms with Gasteiger partial charge in [-0.25, -0.2) is 15.3 Å². The van der Waals surface area contributed by atoms with Gasteiger partial charge in [0.2, 0.25) is 0 Å². The molecule has 1 aromatic heterocycles. The topological polar surface area (TPSA) is 60.5 Å². The van der Waals surface area contributed by atoms with Crippen LogP contribution in [0.5, 0.6) is 0 Å². The minimum atomic E-state index is -0.373. The van der Waals surface area contributed by atoms with Crippen molar-refractivity contribution in [2.24, 2.45) is 0 Å². The van der Waals surface area contributed by atoms with Crippen molar-refractivity contribution >= 4 is 33.6 Å². The number of carbonyl (C=O) groups is 1. The van der Waals surface area contributed by atoms with Gasteiger partial charge in [0.15, 0.2) is 6.29 Å². The SMILES string of the molecule is O=C(NO[C@@H]1CCCCO1)c1cccnc1Sc1ccc(Br)cc1. The lowest BCUT2D eigenvalue weighted by Crippen LogP contribution is -2.33. The van der Waals surface area contributed by atoms with Crippen LogP contribution in [-0.4, -0.2) is 23.8 Å². The van der Waals surface area contributed by atoms with Crippen LogP contribution in [0.25, 0.3) is 0 Å².